The summed E-state index contributed by atoms with van der Waals surface area (Å²) in [6.07, 6.45) is 1.99. The molecule has 4 aromatic rings. The molecule has 0 spiro atoms. The van der Waals surface area contributed by atoms with Gasteiger partial charge in [0, 0.05) is 35.2 Å². The molecule has 6 heteroatoms. The fraction of sp³-hybridized carbons (Fsp3) is 0.185. The van der Waals surface area contributed by atoms with Crippen LogP contribution in [0.5, 0.6) is 0 Å². The summed E-state index contributed by atoms with van der Waals surface area (Å²) in [5.41, 5.74) is 3.76. The van der Waals surface area contributed by atoms with E-state index in [0.717, 1.165) is 27.6 Å². The molecular formula is C27H26N2O3S. The molecular weight excluding hydrogens is 432 g/mol. The molecule has 4 rings (SSSR count). The highest BCUT2D eigenvalue weighted by atomic mass is 32.1. The van der Waals surface area contributed by atoms with Gasteiger partial charge in [-0.25, -0.2) is 4.79 Å². The molecule has 0 saturated carbocycles. The summed E-state index contributed by atoms with van der Waals surface area (Å²) in [5, 5.41) is 13.6. The second kappa shape index (κ2) is 10.4. The Morgan fingerprint density at radius 3 is 2.03 bits per heavy atom. The van der Waals surface area contributed by atoms with Crippen LogP contribution in [0, 0.1) is 5.92 Å². The molecule has 3 N–H and O–H groups in total. The molecule has 0 fully saturated rings. The van der Waals surface area contributed by atoms with Gasteiger partial charge in [-0.05, 0) is 22.8 Å². The lowest BCUT2D eigenvalue weighted by Crippen LogP contribution is -2.46. The number of carboxylic acid groups (broad SMARTS) is 1. The summed E-state index contributed by atoms with van der Waals surface area (Å²) in [6.45, 7) is 0. The van der Waals surface area contributed by atoms with Gasteiger partial charge in [0.05, 0.1) is 5.92 Å². The van der Waals surface area contributed by atoms with Gasteiger partial charge in [0.25, 0.3) is 0 Å². The zero-order valence-electron chi connectivity index (χ0n) is 18.0. The molecule has 2 atom stereocenters. The average molecular weight is 459 g/mol. The van der Waals surface area contributed by atoms with Crippen molar-refractivity contribution in [1.29, 1.82) is 0 Å². The topological polar surface area (TPSA) is 82.2 Å². The number of aromatic nitrogens is 1. The number of hydrogen-bond donors (Lipinski definition) is 4. The van der Waals surface area contributed by atoms with E-state index in [0.29, 0.717) is 0 Å². The number of fused-ring (bicyclic) bond motifs is 1. The molecule has 168 valence electrons. The standard InChI is InChI=1S/C27H26N2O3S/c30-26(29-24(27(31)32)15-20-16-28-23-14-8-7-13-21(20)23)22(17-33)25(18-9-3-1-4-10-18)19-11-5-2-6-12-19/h1-14,16,22,24-25,28,33H,15,17H2,(H,29,30)(H,31,32). The summed E-state index contributed by atoms with van der Waals surface area (Å²) < 4.78 is 0. The number of nitrogens with one attached hydrogen (secondary N) is 2. The lowest BCUT2D eigenvalue weighted by atomic mass is 9.81. The maximum Gasteiger partial charge on any atom is 0.326 e. The minimum absolute atomic E-state index is 0.186. The number of carbonyl (C=O) groups excluding carboxylic acids is 1. The van der Waals surface area contributed by atoms with E-state index in [4.69, 9.17) is 0 Å². The second-order valence-electron chi connectivity index (χ2n) is 8.05. The maximum absolute atomic E-state index is 13.4. The minimum atomic E-state index is -1.07. The Balaban J connectivity index is 1.61. The SMILES string of the molecule is O=C(O)C(Cc1c[nH]c2ccccc12)NC(=O)C(CS)C(c1ccccc1)c1ccccc1. The predicted molar refractivity (Wildman–Crippen MR) is 134 cm³/mol. The number of amides is 1. The molecule has 0 aliphatic carbocycles. The van der Waals surface area contributed by atoms with E-state index in [1.165, 1.54) is 0 Å². The first-order valence-corrected chi connectivity index (χ1v) is 11.5. The monoisotopic (exact) mass is 458 g/mol. The molecule has 1 amide bonds. The van der Waals surface area contributed by atoms with E-state index in [1.807, 2.05) is 84.9 Å². The van der Waals surface area contributed by atoms with Gasteiger partial charge in [0.1, 0.15) is 6.04 Å². The fourth-order valence-corrected chi connectivity index (χ4v) is 4.69. The van der Waals surface area contributed by atoms with Crippen LogP contribution in [0.25, 0.3) is 10.9 Å². The highest BCUT2D eigenvalue weighted by Gasteiger charge is 2.32. The van der Waals surface area contributed by atoms with E-state index in [-0.39, 0.29) is 24.0 Å². The van der Waals surface area contributed by atoms with Crippen LogP contribution >= 0.6 is 12.6 Å². The fourth-order valence-electron chi connectivity index (χ4n) is 4.32. The summed E-state index contributed by atoms with van der Waals surface area (Å²) >= 11 is 4.49. The molecule has 0 bridgehead atoms. The normalized spacial score (nSPS) is 13.0. The van der Waals surface area contributed by atoms with Crippen molar-refractivity contribution < 1.29 is 14.7 Å². The third-order valence-corrected chi connectivity index (χ3v) is 6.36. The van der Waals surface area contributed by atoms with Crippen LogP contribution in [-0.4, -0.2) is 33.8 Å². The van der Waals surface area contributed by atoms with Crippen molar-refractivity contribution in [1.82, 2.24) is 10.3 Å². The lowest BCUT2D eigenvalue weighted by Gasteiger charge is -2.27. The largest absolute Gasteiger partial charge is 0.480 e. The molecule has 0 aliphatic heterocycles. The molecule has 1 heterocycles. The first-order valence-electron chi connectivity index (χ1n) is 10.9. The molecule has 5 nitrogen and oxygen atoms in total. The summed E-state index contributed by atoms with van der Waals surface area (Å²) in [6, 6.07) is 26.2. The summed E-state index contributed by atoms with van der Waals surface area (Å²) in [5.74, 6) is -1.90. The molecule has 2 unspecified atom stereocenters. The molecule has 33 heavy (non-hydrogen) atoms. The third-order valence-electron chi connectivity index (χ3n) is 5.97. The van der Waals surface area contributed by atoms with E-state index < -0.39 is 17.9 Å². The average Bonchev–Trinajstić information content (AvgIpc) is 3.25. The number of rotatable bonds is 9. The van der Waals surface area contributed by atoms with Gasteiger partial charge in [0.15, 0.2) is 0 Å². The van der Waals surface area contributed by atoms with E-state index in [2.05, 4.69) is 22.9 Å². The predicted octanol–water partition coefficient (Wildman–Crippen LogP) is 4.66. The maximum atomic E-state index is 13.4. The van der Waals surface area contributed by atoms with Crippen molar-refractivity contribution in [2.75, 3.05) is 5.75 Å². The Kier molecular flexibility index (Phi) is 7.15. The number of benzene rings is 3. The molecule has 0 aliphatic rings. The van der Waals surface area contributed by atoms with Crippen LogP contribution in [0.1, 0.15) is 22.6 Å². The van der Waals surface area contributed by atoms with Crippen molar-refractivity contribution in [2.45, 2.75) is 18.4 Å². The Morgan fingerprint density at radius 1 is 0.879 bits per heavy atom. The number of hydrogen-bond acceptors (Lipinski definition) is 3. The van der Waals surface area contributed by atoms with E-state index >= 15 is 0 Å². The zero-order chi connectivity index (χ0) is 23.2. The molecule has 1 aromatic heterocycles. The van der Waals surface area contributed by atoms with Crippen molar-refractivity contribution >= 4 is 35.4 Å². The number of carboxylic acids is 1. The van der Waals surface area contributed by atoms with Crippen LogP contribution < -0.4 is 5.32 Å². The van der Waals surface area contributed by atoms with Crippen LogP contribution in [0.4, 0.5) is 0 Å². The highest BCUT2D eigenvalue weighted by molar-refractivity contribution is 7.80. The number of thiol groups is 1. The Labute approximate surface area is 198 Å². The third kappa shape index (κ3) is 5.12. The van der Waals surface area contributed by atoms with Gasteiger partial charge in [-0.3, -0.25) is 4.79 Å². The highest BCUT2D eigenvalue weighted by Crippen LogP contribution is 2.33. The Bertz CT molecular complexity index is 1180. The van der Waals surface area contributed by atoms with Crippen molar-refractivity contribution in [3.8, 4) is 0 Å². The van der Waals surface area contributed by atoms with Crippen LogP contribution in [0.2, 0.25) is 0 Å². The Hall–Kier alpha value is -3.51. The minimum Gasteiger partial charge on any atom is -0.480 e. The van der Waals surface area contributed by atoms with Gasteiger partial charge in [-0.1, -0.05) is 78.9 Å². The lowest BCUT2D eigenvalue weighted by molar-refractivity contribution is -0.142. The number of H-pyrrole nitrogens is 1. The van der Waals surface area contributed by atoms with Gasteiger partial charge < -0.3 is 15.4 Å². The smallest absolute Gasteiger partial charge is 0.326 e. The number of carbonyl (C=O) groups is 2. The quantitative estimate of drug-likeness (QED) is 0.275. The Morgan fingerprint density at radius 2 is 1.45 bits per heavy atom. The first-order chi connectivity index (χ1) is 16.1. The van der Waals surface area contributed by atoms with Crippen molar-refractivity contribution in [2.24, 2.45) is 5.92 Å². The molecule has 3 aromatic carbocycles. The van der Waals surface area contributed by atoms with Crippen LogP contribution in [0.15, 0.2) is 91.1 Å². The van der Waals surface area contributed by atoms with Gasteiger partial charge in [-0.2, -0.15) is 12.6 Å². The van der Waals surface area contributed by atoms with Crippen LogP contribution in [0.3, 0.4) is 0 Å². The van der Waals surface area contributed by atoms with Gasteiger partial charge in [0.2, 0.25) is 5.91 Å². The first kappa shape index (κ1) is 22.7. The van der Waals surface area contributed by atoms with E-state index in [9.17, 15) is 14.7 Å². The van der Waals surface area contributed by atoms with Crippen molar-refractivity contribution in [3.63, 3.8) is 0 Å². The number of para-hydroxylation sites is 1. The van der Waals surface area contributed by atoms with E-state index in [1.54, 1.807) is 6.20 Å². The second-order valence-corrected chi connectivity index (χ2v) is 8.42. The van der Waals surface area contributed by atoms with Gasteiger partial charge in [-0.15, -0.1) is 0 Å². The van der Waals surface area contributed by atoms with Gasteiger partial charge >= 0.3 is 5.97 Å². The molecule has 0 saturated heterocycles. The van der Waals surface area contributed by atoms with Crippen LogP contribution in [-0.2, 0) is 16.0 Å². The molecule has 0 radical (unpaired) electrons. The summed E-state index contributed by atoms with van der Waals surface area (Å²) in [4.78, 5) is 28.7. The zero-order valence-corrected chi connectivity index (χ0v) is 18.9. The number of aromatic amines is 1. The summed E-state index contributed by atoms with van der Waals surface area (Å²) in [7, 11) is 0. The number of aliphatic carboxylic acids is 1. The van der Waals surface area contributed by atoms with Crippen molar-refractivity contribution in [3.05, 3.63) is 108 Å².